The highest BCUT2D eigenvalue weighted by Gasteiger charge is 2.33. The third kappa shape index (κ3) is 3.69. The maximum atomic E-state index is 14.3. The summed E-state index contributed by atoms with van der Waals surface area (Å²) < 4.78 is 28.6. The van der Waals surface area contributed by atoms with Crippen LogP contribution in [0.5, 0.6) is 0 Å². The Morgan fingerprint density at radius 2 is 2.03 bits per heavy atom. The normalized spacial score (nSPS) is 18.1. The fourth-order valence-electron chi connectivity index (χ4n) is 4.48. The van der Waals surface area contributed by atoms with E-state index in [1.54, 1.807) is 30.6 Å². The van der Waals surface area contributed by atoms with Crippen molar-refractivity contribution in [2.45, 2.75) is 18.5 Å². The first-order valence-corrected chi connectivity index (χ1v) is 10.4. The molecule has 2 aromatic carbocycles. The molecule has 1 fully saturated rings. The molecule has 0 saturated carbocycles. The number of pyridine rings is 1. The molecule has 2 aromatic heterocycles. The van der Waals surface area contributed by atoms with E-state index in [0.29, 0.717) is 46.7 Å². The summed E-state index contributed by atoms with van der Waals surface area (Å²) in [5, 5.41) is 19.4. The number of rotatable bonds is 4. The molecule has 33 heavy (non-hydrogen) atoms. The zero-order valence-electron chi connectivity index (χ0n) is 17.5. The number of fused-ring (bicyclic) bond motifs is 1. The second kappa shape index (κ2) is 8.24. The molecule has 1 aliphatic rings. The minimum atomic E-state index is -0.553. The predicted molar refractivity (Wildman–Crippen MR) is 120 cm³/mol. The number of para-hydroxylation sites is 1. The average molecular weight is 446 g/mol. The molecule has 0 aliphatic carbocycles. The molecule has 0 spiro atoms. The fourth-order valence-corrected chi connectivity index (χ4v) is 4.48. The maximum absolute atomic E-state index is 14.3. The lowest BCUT2D eigenvalue weighted by Gasteiger charge is -2.29. The van der Waals surface area contributed by atoms with Crippen LogP contribution in [0.2, 0.25) is 0 Å². The molecule has 9 heteroatoms. The van der Waals surface area contributed by atoms with Crippen molar-refractivity contribution in [1.82, 2.24) is 15.0 Å². The number of aromatic nitrogens is 3. The molecular formula is C24H20F2N6O. The van der Waals surface area contributed by atoms with Gasteiger partial charge >= 0.3 is 0 Å². The molecule has 3 heterocycles. The summed E-state index contributed by atoms with van der Waals surface area (Å²) in [6, 6.07) is 10.2. The number of H-pyrrole nitrogens is 1. The molecule has 7 nitrogen and oxygen atoms in total. The Hall–Kier alpha value is -3.87. The van der Waals surface area contributed by atoms with Crippen LogP contribution in [0.25, 0.3) is 33.5 Å². The molecule has 1 saturated heterocycles. The Balaban J connectivity index is 1.78. The van der Waals surface area contributed by atoms with Crippen molar-refractivity contribution in [3.63, 3.8) is 0 Å². The SMILES string of the molecule is N#Cc1cc(F)cc(-c2cncc(-c3nc4c(F)cccc4[nH]3)c2N2C[C@@H](N)C[C@@H]2CO)c1. The molecule has 4 N–H and O–H groups in total. The van der Waals surface area contributed by atoms with Crippen molar-refractivity contribution in [3.05, 3.63) is 66.0 Å². The first-order chi connectivity index (χ1) is 16.0. The summed E-state index contributed by atoms with van der Waals surface area (Å²) >= 11 is 0. The zero-order valence-corrected chi connectivity index (χ0v) is 17.5. The van der Waals surface area contributed by atoms with Gasteiger partial charge in [0.05, 0.1) is 41.0 Å². The van der Waals surface area contributed by atoms with Crippen molar-refractivity contribution < 1.29 is 13.9 Å². The lowest BCUT2D eigenvalue weighted by atomic mass is 9.99. The van der Waals surface area contributed by atoms with E-state index in [1.165, 1.54) is 12.1 Å². The second-order valence-corrected chi connectivity index (χ2v) is 8.13. The Morgan fingerprint density at radius 3 is 2.79 bits per heavy atom. The van der Waals surface area contributed by atoms with E-state index in [-0.39, 0.29) is 29.8 Å². The van der Waals surface area contributed by atoms with Gasteiger partial charge in [-0.25, -0.2) is 13.8 Å². The van der Waals surface area contributed by atoms with Crippen molar-refractivity contribution in [2.75, 3.05) is 18.1 Å². The molecule has 0 amide bonds. The number of hydrogen-bond acceptors (Lipinski definition) is 6. The molecule has 1 aliphatic heterocycles. The molecule has 0 bridgehead atoms. The molecule has 0 radical (unpaired) electrons. The van der Waals surface area contributed by atoms with Crippen LogP contribution in [0.4, 0.5) is 14.5 Å². The highest BCUT2D eigenvalue weighted by atomic mass is 19.1. The van der Waals surface area contributed by atoms with Crippen molar-refractivity contribution >= 4 is 16.7 Å². The van der Waals surface area contributed by atoms with Gasteiger partial charge in [0.25, 0.3) is 0 Å². The van der Waals surface area contributed by atoms with E-state index in [9.17, 15) is 19.1 Å². The van der Waals surface area contributed by atoms with Crippen LogP contribution in [-0.2, 0) is 0 Å². The standard InChI is InChI=1S/C24H20F2N6O/c25-15-5-13(8-27)4-14(6-15)18-9-29-10-19(23(18)32-11-16(28)7-17(32)12-33)24-30-21-3-1-2-20(26)22(21)31-24/h1-6,9-10,16-17,33H,7,11-12,28H2,(H,30,31)/t16-,17+/m0/s1. The van der Waals surface area contributed by atoms with Gasteiger partial charge in [0.2, 0.25) is 0 Å². The maximum Gasteiger partial charge on any atom is 0.151 e. The van der Waals surface area contributed by atoms with E-state index in [0.717, 1.165) is 6.07 Å². The first kappa shape index (κ1) is 21.0. The van der Waals surface area contributed by atoms with E-state index >= 15 is 0 Å². The van der Waals surface area contributed by atoms with Crippen molar-refractivity contribution in [3.8, 4) is 28.6 Å². The summed E-state index contributed by atoms with van der Waals surface area (Å²) in [6.07, 6.45) is 3.74. The van der Waals surface area contributed by atoms with Gasteiger partial charge in [-0.3, -0.25) is 4.98 Å². The van der Waals surface area contributed by atoms with E-state index < -0.39 is 11.6 Å². The van der Waals surface area contributed by atoms with E-state index in [1.807, 2.05) is 11.0 Å². The quantitative estimate of drug-likeness (QED) is 0.443. The minimum Gasteiger partial charge on any atom is -0.394 e. The van der Waals surface area contributed by atoms with E-state index in [2.05, 4.69) is 15.0 Å². The van der Waals surface area contributed by atoms with Gasteiger partial charge in [-0.1, -0.05) is 6.07 Å². The number of aliphatic hydroxyl groups excluding tert-OH is 1. The van der Waals surface area contributed by atoms with Gasteiger partial charge in [-0.15, -0.1) is 0 Å². The molecule has 4 aromatic rings. The van der Waals surface area contributed by atoms with Gasteiger partial charge in [-0.05, 0) is 42.3 Å². The van der Waals surface area contributed by atoms with Gasteiger partial charge < -0.3 is 20.7 Å². The molecule has 5 rings (SSSR count). The topological polar surface area (TPSA) is 115 Å². The van der Waals surface area contributed by atoms with Crippen molar-refractivity contribution in [1.29, 1.82) is 5.26 Å². The Labute approximate surface area is 188 Å². The van der Waals surface area contributed by atoms with Gasteiger partial charge in [-0.2, -0.15) is 5.26 Å². The van der Waals surface area contributed by atoms with Crippen LogP contribution in [0, 0.1) is 23.0 Å². The van der Waals surface area contributed by atoms with Gasteiger partial charge in [0.1, 0.15) is 17.2 Å². The van der Waals surface area contributed by atoms with Gasteiger partial charge in [0, 0.05) is 30.5 Å². The van der Waals surface area contributed by atoms with Gasteiger partial charge in [0.15, 0.2) is 5.82 Å². The van der Waals surface area contributed by atoms with Crippen LogP contribution < -0.4 is 10.6 Å². The number of aliphatic hydroxyl groups is 1. The second-order valence-electron chi connectivity index (χ2n) is 8.13. The average Bonchev–Trinajstić information content (AvgIpc) is 3.42. The summed E-state index contributed by atoms with van der Waals surface area (Å²) in [6.45, 7) is 0.320. The number of nitriles is 1. The number of imidazole rings is 1. The number of hydrogen-bond donors (Lipinski definition) is 3. The zero-order chi connectivity index (χ0) is 23.1. The summed E-state index contributed by atoms with van der Waals surface area (Å²) in [5.41, 5.74) is 9.29. The van der Waals surface area contributed by atoms with E-state index in [4.69, 9.17) is 5.73 Å². The number of anilines is 1. The van der Waals surface area contributed by atoms with Crippen LogP contribution in [0.1, 0.15) is 12.0 Å². The molecular weight excluding hydrogens is 426 g/mol. The number of nitrogens with one attached hydrogen (secondary N) is 1. The summed E-state index contributed by atoms with van der Waals surface area (Å²) in [7, 11) is 0. The Morgan fingerprint density at radius 1 is 1.21 bits per heavy atom. The number of halogens is 2. The molecule has 166 valence electrons. The minimum absolute atomic E-state index is 0.129. The highest BCUT2D eigenvalue weighted by molar-refractivity contribution is 5.91. The first-order valence-electron chi connectivity index (χ1n) is 10.4. The van der Waals surface area contributed by atoms with Crippen LogP contribution in [0.3, 0.4) is 0 Å². The number of aromatic amines is 1. The fraction of sp³-hybridized carbons (Fsp3) is 0.208. The lowest BCUT2D eigenvalue weighted by Crippen LogP contribution is -2.33. The third-order valence-electron chi connectivity index (χ3n) is 5.92. The number of benzene rings is 2. The summed E-state index contributed by atoms with van der Waals surface area (Å²) in [5.74, 6) is -0.627. The third-order valence-corrected chi connectivity index (χ3v) is 5.92. The largest absolute Gasteiger partial charge is 0.394 e. The van der Waals surface area contributed by atoms with Crippen LogP contribution >= 0.6 is 0 Å². The monoisotopic (exact) mass is 446 g/mol. The molecule has 2 atom stereocenters. The highest BCUT2D eigenvalue weighted by Crippen LogP contribution is 2.41. The lowest BCUT2D eigenvalue weighted by molar-refractivity contribution is 0.265. The number of nitrogens with zero attached hydrogens (tertiary/aromatic N) is 4. The predicted octanol–water partition coefficient (Wildman–Crippen LogP) is 3.34. The smallest absolute Gasteiger partial charge is 0.151 e. The van der Waals surface area contributed by atoms with Crippen molar-refractivity contribution in [2.24, 2.45) is 5.73 Å². The molecule has 0 unspecified atom stereocenters. The Bertz CT molecular complexity index is 1400. The van der Waals surface area contributed by atoms with Crippen LogP contribution in [0.15, 0.2) is 48.8 Å². The Kier molecular flexibility index (Phi) is 5.24. The number of nitrogens with two attached hydrogens (primary N) is 1. The summed E-state index contributed by atoms with van der Waals surface area (Å²) in [4.78, 5) is 13.9. The van der Waals surface area contributed by atoms with Crippen LogP contribution in [-0.4, -0.2) is 45.3 Å².